The molecular weight excluding hydrogens is 178 g/mol. The van der Waals surface area contributed by atoms with Gasteiger partial charge in [-0.1, -0.05) is 18.2 Å². The second-order valence-electron chi connectivity index (χ2n) is 2.81. The summed E-state index contributed by atoms with van der Waals surface area (Å²) in [6.45, 7) is 0.400. The topological polar surface area (TPSA) is 81.5 Å². The molecule has 0 saturated heterocycles. The van der Waals surface area contributed by atoms with Crippen molar-refractivity contribution in [3.05, 3.63) is 35.9 Å². The van der Waals surface area contributed by atoms with Crippen molar-refractivity contribution in [3.8, 4) is 0 Å². The molecule has 0 unspecified atom stereocenters. The number of nitrogens with zero attached hydrogens (tertiary/aromatic N) is 1. The van der Waals surface area contributed by atoms with Gasteiger partial charge in [0, 0.05) is 12.0 Å². The van der Waals surface area contributed by atoms with Crippen LogP contribution in [0.25, 0.3) is 0 Å². The molecule has 0 saturated carbocycles. The zero-order chi connectivity index (χ0) is 10.4. The van der Waals surface area contributed by atoms with Crippen LogP contribution in [0.5, 0.6) is 0 Å². The van der Waals surface area contributed by atoms with Crippen LogP contribution < -0.4 is 11.5 Å². The Kier molecular flexibility index (Phi) is 3.82. The zero-order valence-electron chi connectivity index (χ0n) is 7.81. The molecule has 0 atom stereocenters. The lowest BCUT2D eigenvalue weighted by atomic mass is 10.2. The monoisotopic (exact) mass is 191 g/mol. The van der Waals surface area contributed by atoms with Crippen LogP contribution in [-0.2, 0) is 0 Å². The van der Waals surface area contributed by atoms with E-state index >= 15 is 0 Å². The number of nitrogens with two attached hydrogens (primary N) is 2. The van der Waals surface area contributed by atoms with Crippen LogP contribution >= 0.6 is 0 Å². The molecule has 1 aromatic rings. The third-order valence-electron chi connectivity index (χ3n) is 1.67. The van der Waals surface area contributed by atoms with Crippen LogP contribution in [0.15, 0.2) is 35.3 Å². The highest BCUT2D eigenvalue weighted by atomic mass is 16.1. The molecule has 0 spiro atoms. The average molecular weight is 191 g/mol. The number of aliphatic imine (C=N–C) groups is 1. The quantitative estimate of drug-likeness (QED) is 0.540. The summed E-state index contributed by atoms with van der Waals surface area (Å²) in [5.74, 6) is -0.0436. The minimum Gasteiger partial charge on any atom is -0.387 e. The molecule has 0 aliphatic carbocycles. The fourth-order valence-electron chi connectivity index (χ4n) is 0.979. The van der Waals surface area contributed by atoms with Crippen molar-refractivity contribution in [2.24, 2.45) is 16.5 Å². The zero-order valence-corrected chi connectivity index (χ0v) is 7.81. The average Bonchev–Trinajstić information content (AvgIpc) is 2.19. The molecule has 0 radical (unpaired) electrons. The predicted molar refractivity (Wildman–Crippen MR) is 56.1 cm³/mol. The molecule has 1 rings (SSSR count). The first kappa shape index (κ1) is 10.4. The van der Waals surface area contributed by atoms with E-state index in [1.54, 1.807) is 24.3 Å². The van der Waals surface area contributed by atoms with Crippen LogP contribution in [0.3, 0.4) is 0 Å². The smallest absolute Gasteiger partial charge is 0.278 e. The van der Waals surface area contributed by atoms with E-state index in [1.165, 1.54) is 0 Å². The van der Waals surface area contributed by atoms with E-state index in [-0.39, 0.29) is 11.7 Å². The molecule has 74 valence electrons. The minimum absolute atomic E-state index is 0.279. The predicted octanol–water partition coefficient (Wildman–Crippen LogP) is 0.533. The van der Waals surface area contributed by atoms with E-state index in [1.807, 2.05) is 6.07 Å². The Morgan fingerprint density at radius 2 is 1.93 bits per heavy atom. The van der Waals surface area contributed by atoms with Crippen molar-refractivity contribution in [1.29, 1.82) is 0 Å². The molecule has 0 aromatic heterocycles. The Hall–Kier alpha value is -1.68. The minimum atomic E-state index is -0.323. The van der Waals surface area contributed by atoms with Crippen molar-refractivity contribution in [2.45, 2.75) is 6.42 Å². The summed E-state index contributed by atoms with van der Waals surface area (Å²) in [6.07, 6.45) is 0.443. The summed E-state index contributed by atoms with van der Waals surface area (Å²) in [7, 11) is 0. The fourth-order valence-corrected chi connectivity index (χ4v) is 0.979. The summed E-state index contributed by atoms with van der Waals surface area (Å²) < 4.78 is 0. The summed E-state index contributed by atoms with van der Waals surface area (Å²) in [6, 6.07) is 8.79. The van der Waals surface area contributed by atoms with Crippen LogP contribution in [-0.4, -0.2) is 18.3 Å². The van der Waals surface area contributed by atoms with E-state index < -0.39 is 0 Å². The van der Waals surface area contributed by atoms with Crippen LogP contribution in [0, 0.1) is 0 Å². The Morgan fingerprint density at radius 1 is 1.29 bits per heavy atom. The van der Waals surface area contributed by atoms with E-state index in [4.69, 9.17) is 11.5 Å². The first-order valence-corrected chi connectivity index (χ1v) is 4.36. The second kappa shape index (κ2) is 5.14. The summed E-state index contributed by atoms with van der Waals surface area (Å²) >= 11 is 0. The van der Waals surface area contributed by atoms with Gasteiger partial charge in [-0.3, -0.25) is 4.79 Å². The normalized spacial score (nSPS) is 11.4. The lowest BCUT2D eigenvalue weighted by Crippen LogP contribution is -2.18. The Balaban J connectivity index is 2.72. The van der Waals surface area contributed by atoms with Crippen LogP contribution in [0.4, 0.5) is 0 Å². The molecule has 1 aromatic carbocycles. The van der Waals surface area contributed by atoms with Gasteiger partial charge >= 0.3 is 0 Å². The van der Waals surface area contributed by atoms with Crippen molar-refractivity contribution in [1.82, 2.24) is 0 Å². The standard InChI is InChI=1S/C10H13N3O/c11-7-6-9(12)13-10(14)8-4-2-1-3-5-8/h1-5H,6-7,11H2,(H2,12,13,14). The van der Waals surface area contributed by atoms with Crippen LogP contribution in [0.2, 0.25) is 0 Å². The van der Waals surface area contributed by atoms with E-state index in [0.29, 0.717) is 18.5 Å². The molecule has 0 bridgehead atoms. The number of benzene rings is 1. The molecule has 4 heteroatoms. The molecule has 14 heavy (non-hydrogen) atoms. The van der Waals surface area contributed by atoms with Gasteiger partial charge in [0.15, 0.2) is 0 Å². The summed E-state index contributed by atoms with van der Waals surface area (Å²) in [5, 5.41) is 0. The number of amidine groups is 1. The SMILES string of the molecule is NCCC(N)=NC(=O)c1ccccc1. The van der Waals surface area contributed by atoms with Gasteiger partial charge in [0.2, 0.25) is 0 Å². The van der Waals surface area contributed by atoms with Gasteiger partial charge in [0.25, 0.3) is 5.91 Å². The molecule has 0 aliphatic heterocycles. The van der Waals surface area contributed by atoms with Crippen molar-refractivity contribution in [2.75, 3.05) is 6.54 Å². The Bertz CT molecular complexity index is 332. The van der Waals surface area contributed by atoms with Gasteiger partial charge in [0.05, 0.1) is 0 Å². The second-order valence-corrected chi connectivity index (χ2v) is 2.81. The van der Waals surface area contributed by atoms with Gasteiger partial charge in [-0.15, -0.1) is 0 Å². The molecule has 0 aliphatic rings. The summed E-state index contributed by atoms with van der Waals surface area (Å²) in [5.41, 5.74) is 11.3. The molecule has 0 fully saturated rings. The van der Waals surface area contributed by atoms with Crippen molar-refractivity contribution in [3.63, 3.8) is 0 Å². The van der Waals surface area contributed by atoms with Gasteiger partial charge in [-0.2, -0.15) is 4.99 Å². The highest BCUT2D eigenvalue weighted by molar-refractivity contribution is 6.02. The number of hydrogen-bond donors (Lipinski definition) is 2. The third kappa shape index (κ3) is 2.99. The maximum absolute atomic E-state index is 11.4. The number of rotatable bonds is 3. The molecular formula is C10H13N3O. The number of hydrogen-bond acceptors (Lipinski definition) is 2. The van der Waals surface area contributed by atoms with E-state index in [0.717, 1.165) is 0 Å². The van der Waals surface area contributed by atoms with Crippen LogP contribution in [0.1, 0.15) is 16.8 Å². The first-order chi connectivity index (χ1) is 6.74. The van der Waals surface area contributed by atoms with Crippen molar-refractivity contribution < 1.29 is 4.79 Å². The number of amides is 1. The third-order valence-corrected chi connectivity index (χ3v) is 1.67. The number of carbonyl (C=O) groups is 1. The van der Waals surface area contributed by atoms with Gasteiger partial charge < -0.3 is 11.5 Å². The largest absolute Gasteiger partial charge is 0.387 e. The summed E-state index contributed by atoms with van der Waals surface area (Å²) in [4.78, 5) is 15.1. The number of carbonyl (C=O) groups excluding carboxylic acids is 1. The van der Waals surface area contributed by atoms with E-state index in [2.05, 4.69) is 4.99 Å². The van der Waals surface area contributed by atoms with Gasteiger partial charge in [-0.25, -0.2) is 0 Å². The first-order valence-electron chi connectivity index (χ1n) is 4.36. The van der Waals surface area contributed by atoms with Gasteiger partial charge in [-0.05, 0) is 18.7 Å². The highest BCUT2D eigenvalue weighted by Crippen LogP contribution is 2.00. The van der Waals surface area contributed by atoms with Crippen molar-refractivity contribution >= 4 is 11.7 Å². The maximum atomic E-state index is 11.4. The molecule has 4 N–H and O–H groups in total. The van der Waals surface area contributed by atoms with E-state index in [9.17, 15) is 4.79 Å². The maximum Gasteiger partial charge on any atom is 0.278 e. The Morgan fingerprint density at radius 3 is 2.50 bits per heavy atom. The molecule has 4 nitrogen and oxygen atoms in total. The highest BCUT2D eigenvalue weighted by Gasteiger charge is 2.02. The Labute approximate surface area is 82.6 Å². The molecule has 1 amide bonds. The lowest BCUT2D eigenvalue weighted by Gasteiger charge is -1.97. The lowest BCUT2D eigenvalue weighted by molar-refractivity contribution is 0.100. The fraction of sp³-hybridized carbons (Fsp3) is 0.200. The van der Waals surface area contributed by atoms with Gasteiger partial charge in [0.1, 0.15) is 5.84 Å². The molecule has 0 heterocycles.